The fourth-order valence-electron chi connectivity index (χ4n) is 2.94. The maximum atomic E-state index is 10.7. The molecule has 0 aromatic heterocycles. The molecule has 0 bridgehead atoms. The highest BCUT2D eigenvalue weighted by molar-refractivity contribution is 5.69. The Bertz CT molecular complexity index is 256. The van der Waals surface area contributed by atoms with Gasteiger partial charge in [0.2, 0.25) is 0 Å². The van der Waals surface area contributed by atoms with Crippen molar-refractivity contribution in [3.8, 4) is 0 Å². The number of aliphatic carboxylic acids is 1. The second kappa shape index (κ2) is 4.10. The summed E-state index contributed by atoms with van der Waals surface area (Å²) in [6.07, 6.45) is 1.88. The highest BCUT2D eigenvalue weighted by Crippen LogP contribution is 2.38. The van der Waals surface area contributed by atoms with Gasteiger partial charge in [-0.1, -0.05) is 6.92 Å². The van der Waals surface area contributed by atoms with Crippen molar-refractivity contribution in [1.82, 2.24) is 4.90 Å². The van der Waals surface area contributed by atoms with Gasteiger partial charge in [0.05, 0.1) is 12.0 Å². The molecule has 1 aliphatic carbocycles. The van der Waals surface area contributed by atoms with Crippen LogP contribution in [0.5, 0.6) is 0 Å². The third kappa shape index (κ3) is 2.16. The van der Waals surface area contributed by atoms with Crippen LogP contribution >= 0.6 is 0 Å². The van der Waals surface area contributed by atoms with Gasteiger partial charge in [0.15, 0.2) is 0 Å². The Morgan fingerprint density at radius 2 is 2.20 bits per heavy atom. The number of hydrogen-bond donors (Lipinski definition) is 2. The van der Waals surface area contributed by atoms with Gasteiger partial charge in [0.25, 0.3) is 0 Å². The SMILES string of the molecule is CC(CN1CC2CCC(O)C2C1)C(=O)O. The van der Waals surface area contributed by atoms with Gasteiger partial charge in [0, 0.05) is 25.6 Å². The minimum atomic E-state index is -0.729. The van der Waals surface area contributed by atoms with Crippen LogP contribution in [0.1, 0.15) is 19.8 Å². The van der Waals surface area contributed by atoms with E-state index in [1.165, 1.54) is 0 Å². The van der Waals surface area contributed by atoms with Crippen molar-refractivity contribution >= 4 is 5.97 Å². The second-order valence-electron chi connectivity index (χ2n) is 5.03. The Balaban J connectivity index is 1.86. The van der Waals surface area contributed by atoms with Crippen LogP contribution in [0.2, 0.25) is 0 Å². The number of carbonyl (C=O) groups is 1. The summed E-state index contributed by atoms with van der Waals surface area (Å²) in [7, 11) is 0. The van der Waals surface area contributed by atoms with Crippen molar-refractivity contribution in [2.24, 2.45) is 17.8 Å². The van der Waals surface area contributed by atoms with E-state index in [1.54, 1.807) is 6.92 Å². The number of aliphatic hydroxyl groups is 1. The molecule has 0 radical (unpaired) electrons. The zero-order valence-electron chi connectivity index (χ0n) is 9.09. The van der Waals surface area contributed by atoms with E-state index in [2.05, 4.69) is 4.90 Å². The molecule has 2 fully saturated rings. The van der Waals surface area contributed by atoms with E-state index in [9.17, 15) is 9.90 Å². The van der Waals surface area contributed by atoms with Gasteiger partial charge in [-0.05, 0) is 18.8 Å². The van der Waals surface area contributed by atoms with Crippen molar-refractivity contribution in [3.63, 3.8) is 0 Å². The molecule has 0 amide bonds. The summed E-state index contributed by atoms with van der Waals surface area (Å²) in [6, 6.07) is 0. The third-order valence-electron chi connectivity index (χ3n) is 3.85. The lowest BCUT2D eigenvalue weighted by atomic mass is 10.00. The summed E-state index contributed by atoms with van der Waals surface area (Å²) < 4.78 is 0. The number of nitrogens with zero attached hydrogens (tertiary/aromatic N) is 1. The largest absolute Gasteiger partial charge is 0.481 e. The van der Waals surface area contributed by atoms with Gasteiger partial charge in [-0.2, -0.15) is 0 Å². The summed E-state index contributed by atoms with van der Waals surface area (Å²) in [4.78, 5) is 12.9. The van der Waals surface area contributed by atoms with Crippen molar-refractivity contribution < 1.29 is 15.0 Å². The quantitative estimate of drug-likeness (QED) is 0.713. The number of carboxylic acid groups (broad SMARTS) is 1. The first-order valence-electron chi connectivity index (χ1n) is 5.71. The van der Waals surface area contributed by atoms with Crippen LogP contribution in [-0.4, -0.2) is 46.8 Å². The van der Waals surface area contributed by atoms with Crippen molar-refractivity contribution in [1.29, 1.82) is 0 Å². The minimum Gasteiger partial charge on any atom is -0.481 e. The zero-order valence-corrected chi connectivity index (χ0v) is 9.09. The van der Waals surface area contributed by atoms with E-state index in [1.807, 2.05) is 0 Å². The van der Waals surface area contributed by atoms with Crippen LogP contribution in [0.15, 0.2) is 0 Å². The maximum Gasteiger partial charge on any atom is 0.307 e. The van der Waals surface area contributed by atoms with Gasteiger partial charge in [-0.15, -0.1) is 0 Å². The first-order valence-corrected chi connectivity index (χ1v) is 5.71. The number of hydrogen-bond acceptors (Lipinski definition) is 3. The van der Waals surface area contributed by atoms with Crippen LogP contribution in [0, 0.1) is 17.8 Å². The highest BCUT2D eigenvalue weighted by atomic mass is 16.4. The van der Waals surface area contributed by atoms with Gasteiger partial charge in [-0.25, -0.2) is 0 Å². The van der Waals surface area contributed by atoms with Gasteiger partial charge in [0.1, 0.15) is 0 Å². The topological polar surface area (TPSA) is 60.8 Å². The van der Waals surface area contributed by atoms with Crippen LogP contribution in [-0.2, 0) is 4.79 Å². The molecule has 0 aromatic rings. The number of aliphatic hydroxyl groups excluding tert-OH is 1. The van der Waals surface area contributed by atoms with Crippen LogP contribution in [0.3, 0.4) is 0 Å². The van der Waals surface area contributed by atoms with E-state index in [0.29, 0.717) is 18.4 Å². The predicted octanol–water partition coefficient (Wildman–Crippen LogP) is 0.410. The molecular weight excluding hydrogens is 194 g/mol. The van der Waals surface area contributed by atoms with E-state index in [4.69, 9.17) is 5.11 Å². The molecule has 15 heavy (non-hydrogen) atoms. The Morgan fingerprint density at radius 1 is 1.47 bits per heavy atom. The molecule has 0 spiro atoms. The summed E-state index contributed by atoms with van der Waals surface area (Å²) in [5.41, 5.74) is 0. The standard InChI is InChI=1S/C11H19NO3/c1-7(11(14)15)4-12-5-8-2-3-10(13)9(8)6-12/h7-10,13H,2-6H2,1H3,(H,14,15). The van der Waals surface area contributed by atoms with Gasteiger partial charge < -0.3 is 15.1 Å². The summed E-state index contributed by atoms with van der Waals surface area (Å²) in [5.74, 6) is -0.0411. The number of fused-ring (bicyclic) bond motifs is 1. The van der Waals surface area contributed by atoms with Crippen molar-refractivity contribution in [2.45, 2.75) is 25.9 Å². The first-order chi connectivity index (χ1) is 7.08. The van der Waals surface area contributed by atoms with E-state index >= 15 is 0 Å². The molecule has 86 valence electrons. The molecule has 1 heterocycles. The summed E-state index contributed by atoms with van der Waals surface area (Å²) >= 11 is 0. The molecular formula is C11H19NO3. The normalized spacial score (nSPS) is 37.9. The number of likely N-dealkylation sites (tertiary alicyclic amines) is 1. The lowest BCUT2D eigenvalue weighted by molar-refractivity contribution is -0.141. The Kier molecular flexibility index (Phi) is 2.98. The smallest absolute Gasteiger partial charge is 0.307 e. The van der Waals surface area contributed by atoms with Crippen molar-refractivity contribution in [2.75, 3.05) is 19.6 Å². The lowest BCUT2D eigenvalue weighted by Gasteiger charge is -2.19. The maximum absolute atomic E-state index is 10.7. The molecule has 4 atom stereocenters. The number of rotatable bonds is 3. The first kappa shape index (κ1) is 10.9. The molecule has 2 N–H and O–H groups in total. The molecule has 1 aliphatic heterocycles. The van der Waals surface area contributed by atoms with Gasteiger partial charge in [-0.3, -0.25) is 4.79 Å². The average Bonchev–Trinajstić information content (AvgIpc) is 2.69. The summed E-state index contributed by atoms with van der Waals surface area (Å²) in [6.45, 7) is 4.21. The molecule has 4 unspecified atom stereocenters. The molecule has 1 saturated carbocycles. The highest BCUT2D eigenvalue weighted by Gasteiger charge is 2.42. The minimum absolute atomic E-state index is 0.153. The van der Waals surface area contributed by atoms with Crippen molar-refractivity contribution in [3.05, 3.63) is 0 Å². The molecule has 1 saturated heterocycles. The Labute approximate surface area is 89.9 Å². The van der Waals surface area contributed by atoms with E-state index in [-0.39, 0.29) is 12.0 Å². The lowest BCUT2D eigenvalue weighted by Crippen LogP contribution is -2.31. The predicted molar refractivity (Wildman–Crippen MR) is 55.5 cm³/mol. The van der Waals surface area contributed by atoms with Crippen LogP contribution < -0.4 is 0 Å². The average molecular weight is 213 g/mol. The Morgan fingerprint density at radius 3 is 2.80 bits per heavy atom. The molecule has 0 aromatic carbocycles. The van der Waals surface area contributed by atoms with E-state index in [0.717, 1.165) is 25.9 Å². The molecule has 2 rings (SSSR count). The second-order valence-corrected chi connectivity index (χ2v) is 5.03. The van der Waals surface area contributed by atoms with Crippen LogP contribution in [0.25, 0.3) is 0 Å². The fourth-order valence-corrected chi connectivity index (χ4v) is 2.94. The van der Waals surface area contributed by atoms with E-state index < -0.39 is 5.97 Å². The monoisotopic (exact) mass is 213 g/mol. The summed E-state index contributed by atoms with van der Waals surface area (Å²) in [5, 5.41) is 18.5. The molecule has 2 aliphatic rings. The molecule has 4 heteroatoms. The zero-order chi connectivity index (χ0) is 11.0. The number of carboxylic acids is 1. The van der Waals surface area contributed by atoms with Crippen LogP contribution in [0.4, 0.5) is 0 Å². The Hall–Kier alpha value is -0.610. The third-order valence-corrected chi connectivity index (χ3v) is 3.85. The molecule has 4 nitrogen and oxygen atoms in total. The van der Waals surface area contributed by atoms with Gasteiger partial charge >= 0.3 is 5.97 Å². The fraction of sp³-hybridized carbons (Fsp3) is 0.909.